The number of benzene rings is 3. The number of para-hydroxylation sites is 1. The SMILES string of the molecule is CCCCCCCCCCCCCCCCC(=O)OCC(COC(=O)CCN(C(=O)c1ccc2c(c1)nc(CNc1ccc(/C(N)=N/C(=O)OCCCC)cc1)n2C)c1ccccc1)COP(=O)([O-])OCC[N+](C)(C)C. The summed E-state index contributed by atoms with van der Waals surface area (Å²) in [5.41, 5.74) is 9.70. The number of aromatic nitrogens is 2. The third-order valence-electron chi connectivity index (χ3n) is 12.8. The smallest absolute Gasteiger partial charge is 0.435 e. The molecule has 4 aromatic rings. The number of amides is 2. The molecule has 76 heavy (non-hydrogen) atoms. The second kappa shape index (κ2) is 34.2. The molecular formula is C57H86N7O11P. The average Bonchev–Trinajstić information content (AvgIpc) is 3.71. The molecule has 3 aromatic carbocycles. The van der Waals surface area contributed by atoms with Gasteiger partial charge in [0.05, 0.1) is 77.5 Å². The molecule has 0 radical (unpaired) electrons. The van der Waals surface area contributed by atoms with Gasteiger partial charge in [0, 0.05) is 42.5 Å². The Labute approximate surface area is 451 Å². The van der Waals surface area contributed by atoms with Crippen molar-refractivity contribution < 1.29 is 56.4 Å². The zero-order chi connectivity index (χ0) is 55.2. The fourth-order valence-electron chi connectivity index (χ4n) is 8.13. The Balaban J connectivity index is 1.31. The van der Waals surface area contributed by atoms with Crippen LogP contribution in [0.4, 0.5) is 16.2 Å². The molecule has 0 fully saturated rings. The Morgan fingerprint density at radius 3 is 1.91 bits per heavy atom. The van der Waals surface area contributed by atoms with Gasteiger partial charge in [0.1, 0.15) is 24.8 Å². The van der Waals surface area contributed by atoms with E-state index in [9.17, 15) is 28.6 Å². The lowest BCUT2D eigenvalue weighted by atomic mass is 10.0. The molecule has 2 atom stereocenters. The Bertz CT molecular complexity index is 2440. The molecule has 2 unspecified atom stereocenters. The summed E-state index contributed by atoms with van der Waals surface area (Å²) in [5, 5.41) is 3.35. The molecule has 2 amide bonds. The maximum atomic E-state index is 14.3. The number of aryl methyl sites for hydroxylation is 1. The van der Waals surface area contributed by atoms with Gasteiger partial charge in [-0.1, -0.05) is 122 Å². The number of likely N-dealkylation sites (N-methyl/N-ethyl adjacent to an activating group) is 1. The largest absolute Gasteiger partial charge is 0.756 e. The van der Waals surface area contributed by atoms with Gasteiger partial charge in [-0.3, -0.25) is 18.9 Å². The maximum absolute atomic E-state index is 14.3. The van der Waals surface area contributed by atoms with E-state index < -0.39 is 38.4 Å². The zero-order valence-corrected chi connectivity index (χ0v) is 47.0. The summed E-state index contributed by atoms with van der Waals surface area (Å²) in [6.07, 6.45) is 17.7. The summed E-state index contributed by atoms with van der Waals surface area (Å²) in [6.45, 7) is 4.20. The lowest BCUT2D eigenvalue weighted by molar-refractivity contribution is -0.870. The number of quaternary nitrogens is 1. The normalized spacial score (nSPS) is 13.0. The van der Waals surface area contributed by atoms with E-state index in [1.165, 1.54) is 69.1 Å². The van der Waals surface area contributed by atoms with Crippen LogP contribution in [0, 0.1) is 5.92 Å². The van der Waals surface area contributed by atoms with Crippen molar-refractivity contribution in [3.8, 4) is 0 Å². The minimum Gasteiger partial charge on any atom is -0.756 e. The number of rotatable bonds is 38. The van der Waals surface area contributed by atoms with E-state index in [-0.39, 0.29) is 57.6 Å². The van der Waals surface area contributed by atoms with Gasteiger partial charge in [0.25, 0.3) is 13.7 Å². The van der Waals surface area contributed by atoms with Gasteiger partial charge in [-0.15, -0.1) is 0 Å². The van der Waals surface area contributed by atoms with Crippen LogP contribution in [0.25, 0.3) is 11.0 Å². The number of aliphatic imine (C=N–C) groups is 1. The van der Waals surface area contributed by atoms with E-state index in [0.29, 0.717) is 52.1 Å². The van der Waals surface area contributed by atoms with E-state index in [1.807, 2.05) is 63.9 Å². The zero-order valence-electron chi connectivity index (χ0n) is 46.1. The summed E-state index contributed by atoms with van der Waals surface area (Å²) >= 11 is 0. The third-order valence-corrected chi connectivity index (χ3v) is 13.8. The molecule has 420 valence electrons. The second-order valence-electron chi connectivity index (χ2n) is 20.4. The van der Waals surface area contributed by atoms with Crippen LogP contribution in [0.1, 0.15) is 151 Å². The molecule has 1 heterocycles. The van der Waals surface area contributed by atoms with Crippen molar-refractivity contribution in [1.29, 1.82) is 0 Å². The fourth-order valence-corrected chi connectivity index (χ4v) is 8.90. The van der Waals surface area contributed by atoms with E-state index in [2.05, 4.69) is 17.2 Å². The van der Waals surface area contributed by atoms with Crippen LogP contribution in [-0.4, -0.2) is 111 Å². The average molecular weight is 1080 g/mol. The molecule has 0 bridgehead atoms. The van der Waals surface area contributed by atoms with Crippen molar-refractivity contribution in [2.75, 3.05) is 77.5 Å². The monoisotopic (exact) mass is 1080 g/mol. The highest BCUT2D eigenvalue weighted by Crippen LogP contribution is 2.38. The van der Waals surface area contributed by atoms with Gasteiger partial charge in [0.2, 0.25) is 0 Å². The first-order valence-electron chi connectivity index (χ1n) is 27.4. The molecule has 0 spiro atoms. The first-order chi connectivity index (χ1) is 36.5. The number of hydrogen-bond acceptors (Lipinski definition) is 13. The number of phosphoric acid groups is 1. The Morgan fingerprint density at radius 1 is 0.724 bits per heavy atom. The second-order valence-corrected chi connectivity index (χ2v) is 21.8. The van der Waals surface area contributed by atoms with E-state index in [0.717, 1.165) is 43.3 Å². The summed E-state index contributed by atoms with van der Waals surface area (Å²) in [6, 6.07) is 21.3. The Hall–Kier alpha value is -5.65. The fraction of sp³-hybridized carbons (Fsp3) is 0.579. The number of fused-ring (bicyclic) bond motifs is 1. The van der Waals surface area contributed by atoms with E-state index in [1.54, 1.807) is 48.5 Å². The first kappa shape index (κ1) is 62.9. The summed E-state index contributed by atoms with van der Waals surface area (Å²) in [7, 11) is 2.87. The predicted octanol–water partition coefficient (Wildman–Crippen LogP) is 10.6. The van der Waals surface area contributed by atoms with Gasteiger partial charge in [-0.05, 0) is 67.4 Å². The number of hydrogen-bond donors (Lipinski definition) is 2. The lowest BCUT2D eigenvalue weighted by Gasteiger charge is -2.28. The molecule has 0 saturated heterocycles. The number of nitrogens with one attached hydrogen (secondary N) is 1. The van der Waals surface area contributed by atoms with Crippen LogP contribution in [-0.2, 0) is 51.0 Å². The van der Waals surface area contributed by atoms with Crippen molar-refractivity contribution in [2.45, 2.75) is 136 Å². The van der Waals surface area contributed by atoms with E-state index in [4.69, 9.17) is 34.0 Å². The highest BCUT2D eigenvalue weighted by Gasteiger charge is 2.24. The van der Waals surface area contributed by atoms with Gasteiger partial charge in [-0.2, -0.15) is 4.99 Å². The summed E-state index contributed by atoms with van der Waals surface area (Å²) < 4.78 is 41.7. The van der Waals surface area contributed by atoms with Crippen molar-refractivity contribution in [1.82, 2.24) is 9.55 Å². The molecular weight excluding hydrogens is 990 g/mol. The number of amidine groups is 1. The summed E-state index contributed by atoms with van der Waals surface area (Å²) in [5.74, 6) is -1.49. The van der Waals surface area contributed by atoms with Gasteiger partial charge in [0.15, 0.2) is 0 Å². The van der Waals surface area contributed by atoms with Gasteiger partial charge in [-0.25, -0.2) is 9.78 Å². The maximum Gasteiger partial charge on any atom is 0.435 e. The molecule has 0 aliphatic heterocycles. The first-order valence-corrected chi connectivity index (χ1v) is 28.8. The summed E-state index contributed by atoms with van der Waals surface area (Å²) in [4.78, 5) is 75.3. The number of carbonyl (C=O) groups excluding carboxylic acids is 4. The Kier molecular flexibility index (Phi) is 28.3. The number of carbonyl (C=O) groups is 4. The Morgan fingerprint density at radius 2 is 1.30 bits per heavy atom. The number of nitrogens with two attached hydrogens (primary N) is 1. The van der Waals surface area contributed by atoms with Gasteiger partial charge >= 0.3 is 18.0 Å². The van der Waals surface area contributed by atoms with Crippen LogP contribution in [0.3, 0.4) is 0 Å². The van der Waals surface area contributed by atoms with Crippen molar-refractivity contribution in [2.24, 2.45) is 23.7 Å². The van der Waals surface area contributed by atoms with Crippen molar-refractivity contribution >= 4 is 60.0 Å². The third kappa shape index (κ3) is 24.6. The van der Waals surface area contributed by atoms with Crippen LogP contribution < -0.4 is 20.8 Å². The number of ether oxygens (including phenoxy) is 3. The topological polar surface area (TPSA) is 226 Å². The number of anilines is 2. The standard InChI is InChI=1S/C57H86N7O11P/c1-7-9-11-12-13-14-15-16-17-18-19-20-21-25-28-53(65)72-42-45(44-75-76(69,70)74-39-37-64(4,5)6)43-73-54(66)35-36-63(49-26-23-22-24-27-49)56(67)47-31-34-51-50(40-47)60-52(62(51)3)41-59-48-32-29-46(30-33-48)55(58)61-57(68)71-38-10-8-2/h22-24,26-27,29-34,40,45H,7-21,25,28,35-39,41-44H2,1-6H3,(H3-,58,59,61,68,69,70). The minimum atomic E-state index is -4.73. The number of nitrogens with zero attached hydrogens (tertiary/aromatic N) is 5. The van der Waals surface area contributed by atoms with E-state index >= 15 is 0 Å². The molecule has 0 aliphatic carbocycles. The van der Waals surface area contributed by atoms with Gasteiger partial charge < -0.3 is 53.2 Å². The molecule has 19 heteroatoms. The van der Waals surface area contributed by atoms with Crippen LogP contribution in [0.15, 0.2) is 77.8 Å². The molecule has 0 saturated carbocycles. The quantitative estimate of drug-likeness (QED) is 0.00810. The highest BCUT2D eigenvalue weighted by molar-refractivity contribution is 7.45. The number of esters is 2. The van der Waals surface area contributed by atoms with Crippen LogP contribution >= 0.6 is 7.82 Å². The van der Waals surface area contributed by atoms with Crippen LogP contribution in [0.5, 0.6) is 0 Å². The number of imidazole rings is 1. The number of unbranched alkanes of at least 4 members (excludes halogenated alkanes) is 14. The molecule has 18 nitrogen and oxygen atoms in total. The minimum absolute atomic E-state index is 0.0400. The molecule has 4 rings (SSSR count). The van der Waals surface area contributed by atoms with Crippen molar-refractivity contribution in [3.05, 3.63) is 89.7 Å². The molecule has 0 aliphatic rings. The van der Waals surface area contributed by atoms with Crippen molar-refractivity contribution in [3.63, 3.8) is 0 Å². The lowest BCUT2D eigenvalue weighted by Crippen LogP contribution is -2.37. The molecule has 3 N–H and O–H groups in total. The number of phosphoric ester groups is 1. The highest BCUT2D eigenvalue weighted by atomic mass is 31.2. The van der Waals surface area contributed by atoms with Crippen LogP contribution in [0.2, 0.25) is 0 Å². The molecule has 1 aromatic heterocycles. The predicted molar refractivity (Wildman–Crippen MR) is 297 cm³/mol.